The molecule has 0 aliphatic carbocycles. The number of piperidine rings is 1. The summed E-state index contributed by atoms with van der Waals surface area (Å²) in [6.07, 6.45) is 1.86. The zero-order chi connectivity index (χ0) is 30.4. The van der Waals surface area contributed by atoms with E-state index in [4.69, 9.17) is 10.5 Å². The molecule has 44 heavy (non-hydrogen) atoms. The Bertz CT molecular complexity index is 1940. The van der Waals surface area contributed by atoms with Gasteiger partial charge in [0, 0.05) is 36.0 Å². The van der Waals surface area contributed by atoms with Gasteiger partial charge in [0.1, 0.15) is 17.4 Å². The van der Waals surface area contributed by atoms with Crippen LogP contribution in [-0.4, -0.2) is 65.7 Å². The number of nitrogens with zero attached hydrogens (tertiary/aromatic N) is 6. The molecule has 13 heteroatoms. The molecule has 5 heterocycles. The Morgan fingerprint density at radius 2 is 1.77 bits per heavy atom. The lowest BCUT2D eigenvalue weighted by molar-refractivity contribution is 0.0756. The number of nitrogen functional groups attached to an aromatic ring is 1. The lowest BCUT2D eigenvalue weighted by Gasteiger charge is -2.29. The van der Waals surface area contributed by atoms with E-state index >= 15 is 0 Å². The summed E-state index contributed by atoms with van der Waals surface area (Å²) < 4.78 is 10.7. The van der Waals surface area contributed by atoms with Crippen molar-refractivity contribution in [3.8, 4) is 16.8 Å². The summed E-state index contributed by atoms with van der Waals surface area (Å²) in [6, 6.07) is 18.6. The smallest absolute Gasteiger partial charge is 0.407 e. The average molecular weight is 595 g/mol. The Morgan fingerprint density at radius 1 is 1.02 bits per heavy atom. The summed E-state index contributed by atoms with van der Waals surface area (Å²) in [6.45, 7) is 1.97. The van der Waals surface area contributed by atoms with Gasteiger partial charge >= 0.3 is 6.09 Å². The number of ether oxygens (including phenoxy) is 1. The van der Waals surface area contributed by atoms with E-state index < -0.39 is 17.6 Å². The minimum absolute atomic E-state index is 0.0552. The number of benzene rings is 2. The van der Waals surface area contributed by atoms with Gasteiger partial charge in [0.15, 0.2) is 5.82 Å². The molecule has 7 rings (SSSR count). The van der Waals surface area contributed by atoms with Crippen LogP contribution in [0, 0.1) is 0 Å². The number of rotatable bonds is 5. The van der Waals surface area contributed by atoms with Crippen LogP contribution in [0.5, 0.6) is 0 Å². The molecule has 0 saturated carbocycles. The summed E-state index contributed by atoms with van der Waals surface area (Å²) >= 11 is 0. The SMILES string of the molecule is Nc1ncnn2c(C3CCN(C(=O)O)CC3)cc(-c3ccc(NC(=O)c4c5n(n(-c6ccccc6)c4=O)CCOC5)cc3)c12. The summed E-state index contributed by atoms with van der Waals surface area (Å²) in [5, 5.41) is 16.7. The first kappa shape index (κ1) is 27.4. The van der Waals surface area contributed by atoms with E-state index in [0.717, 1.165) is 16.8 Å². The monoisotopic (exact) mass is 594 g/mol. The quantitative estimate of drug-likeness (QED) is 0.278. The first-order valence-electron chi connectivity index (χ1n) is 14.4. The highest BCUT2D eigenvalue weighted by Gasteiger charge is 2.29. The van der Waals surface area contributed by atoms with Crippen LogP contribution in [-0.2, 0) is 17.9 Å². The van der Waals surface area contributed by atoms with Gasteiger partial charge in [0.25, 0.3) is 11.5 Å². The fraction of sp³-hybridized carbons (Fsp3) is 0.258. The summed E-state index contributed by atoms with van der Waals surface area (Å²) in [4.78, 5) is 44.1. The van der Waals surface area contributed by atoms with Crippen LogP contribution in [0.2, 0.25) is 0 Å². The highest BCUT2D eigenvalue weighted by Crippen LogP contribution is 2.37. The molecule has 0 bridgehead atoms. The molecule has 3 aromatic heterocycles. The molecule has 0 radical (unpaired) electrons. The van der Waals surface area contributed by atoms with Gasteiger partial charge in [-0.15, -0.1) is 0 Å². The van der Waals surface area contributed by atoms with Gasteiger partial charge in [0.05, 0.1) is 31.1 Å². The normalized spacial score (nSPS) is 15.3. The molecule has 0 spiro atoms. The fourth-order valence-corrected chi connectivity index (χ4v) is 6.24. The fourth-order valence-electron chi connectivity index (χ4n) is 6.24. The third-order valence-electron chi connectivity index (χ3n) is 8.41. The number of hydrogen-bond donors (Lipinski definition) is 3. The van der Waals surface area contributed by atoms with Crippen LogP contribution in [0.25, 0.3) is 22.3 Å². The Kier molecular flexibility index (Phi) is 6.85. The maximum atomic E-state index is 13.5. The van der Waals surface area contributed by atoms with E-state index in [2.05, 4.69) is 15.4 Å². The average Bonchev–Trinajstić information content (AvgIpc) is 3.58. The number of fused-ring (bicyclic) bond motifs is 2. The molecule has 224 valence electrons. The largest absolute Gasteiger partial charge is 0.465 e. The molecule has 4 N–H and O–H groups in total. The van der Waals surface area contributed by atoms with Gasteiger partial charge in [-0.1, -0.05) is 30.3 Å². The lowest BCUT2D eigenvalue weighted by Crippen LogP contribution is -2.37. The van der Waals surface area contributed by atoms with Crippen LogP contribution >= 0.6 is 0 Å². The predicted octanol–water partition coefficient (Wildman–Crippen LogP) is 3.57. The second-order valence-corrected chi connectivity index (χ2v) is 10.9. The zero-order valence-electron chi connectivity index (χ0n) is 23.7. The first-order valence-corrected chi connectivity index (χ1v) is 14.4. The van der Waals surface area contributed by atoms with E-state index in [1.165, 1.54) is 15.9 Å². The maximum absolute atomic E-state index is 13.5. The number of nitrogens with one attached hydrogen (secondary N) is 1. The van der Waals surface area contributed by atoms with Crippen LogP contribution in [0.4, 0.5) is 16.3 Å². The van der Waals surface area contributed by atoms with Crippen molar-refractivity contribution in [2.24, 2.45) is 0 Å². The second kappa shape index (κ2) is 11.0. The standard InChI is InChI=1S/C31H30N8O5/c32-28-27-23(16-24(38(27)34-18-33-28)20-10-12-36(13-11-20)31(42)43)19-6-8-21(9-7-19)35-29(40)26-25-17-44-15-14-37(25)39(30(26)41)22-4-2-1-3-5-22/h1-9,16,18,20H,10-15,17H2,(H,35,40)(H,42,43)(H2,32,33,34). The number of carbonyl (C=O) groups excluding carboxylic acids is 1. The number of anilines is 2. The number of carbonyl (C=O) groups is 2. The minimum atomic E-state index is -0.907. The number of aromatic nitrogens is 5. The Balaban J connectivity index is 1.18. The van der Waals surface area contributed by atoms with Crippen LogP contribution in [0.1, 0.15) is 40.5 Å². The predicted molar refractivity (Wildman–Crippen MR) is 162 cm³/mol. The molecular formula is C31H30N8O5. The molecule has 2 aliphatic rings. The second-order valence-electron chi connectivity index (χ2n) is 10.9. The number of amides is 2. The number of hydrogen-bond acceptors (Lipinski definition) is 7. The van der Waals surface area contributed by atoms with E-state index in [1.807, 2.05) is 53.2 Å². The van der Waals surface area contributed by atoms with E-state index in [9.17, 15) is 19.5 Å². The third-order valence-corrected chi connectivity index (χ3v) is 8.41. The van der Waals surface area contributed by atoms with Crippen molar-refractivity contribution in [2.75, 3.05) is 30.7 Å². The van der Waals surface area contributed by atoms with Gasteiger partial charge < -0.3 is 25.8 Å². The Labute approximate surface area is 251 Å². The minimum Gasteiger partial charge on any atom is -0.465 e. The maximum Gasteiger partial charge on any atom is 0.407 e. The number of likely N-dealkylation sites (tertiary alicyclic amines) is 1. The van der Waals surface area contributed by atoms with Gasteiger partial charge in [-0.2, -0.15) is 5.10 Å². The van der Waals surface area contributed by atoms with E-state index in [-0.39, 0.29) is 18.1 Å². The van der Waals surface area contributed by atoms with Gasteiger partial charge in [0.2, 0.25) is 0 Å². The van der Waals surface area contributed by atoms with Crippen LogP contribution in [0.3, 0.4) is 0 Å². The van der Waals surface area contributed by atoms with Crippen molar-refractivity contribution >= 4 is 29.0 Å². The summed E-state index contributed by atoms with van der Waals surface area (Å²) in [5.41, 5.74) is 11.0. The van der Waals surface area contributed by atoms with Crippen molar-refractivity contribution in [2.45, 2.75) is 31.9 Å². The number of nitrogens with two attached hydrogens (primary N) is 1. The molecular weight excluding hydrogens is 564 g/mol. The van der Waals surface area contributed by atoms with Crippen molar-refractivity contribution in [3.05, 3.63) is 94.3 Å². The Morgan fingerprint density at radius 3 is 2.50 bits per heavy atom. The Hall–Kier alpha value is -5.43. The molecule has 0 unspecified atom stereocenters. The van der Waals surface area contributed by atoms with Crippen molar-refractivity contribution in [3.63, 3.8) is 0 Å². The molecule has 1 fully saturated rings. The van der Waals surface area contributed by atoms with E-state index in [0.29, 0.717) is 67.5 Å². The third kappa shape index (κ3) is 4.67. The molecule has 5 aromatic rings. The molecule has 13 nitrogen and oxygen atoms in total. The van der Waals surface area contributed by atoms with Gasteiger partial charge in [-0.25, -0.2) is 19.0 Å². The first-order chi connectivity index (χ1) is 21.4. The molecule has 1 saturated heterocycles. The summed E-state index contributed by atoms with van der Waals surface area (Å²) in [5.74, 6) is -0.0670. The van der Waals surface area contributed by atoms with Crippen molar-refractivity contribution in [1.29, 1.82) is 0 Å². The van der Waals surface area contributed by atoms with Crippen molar-refractivity contribution < 1.29 is 19.4 Å². The van der Waals surface area contributed by atoms with Crippen LogP contribution in [0.15, 0.2) is 71.8 Å². The van der Waals surface area contributed by atoms with Gasteiger partial charge in [-0.3, -0.25) is 14.3 Å². The molecule has 0 atom stereocenters. The molecule has 2 aromatic carbocycles. The molecule has 2 aliphatic heterocycles. The zero-order valence-corrected chi connectivity index (χ0v) is 23.7. The summed E-state index contributed by atoms with van der Waals surface area (Å²) in [7, 11) is 0. The van der Waals surface area contributed by atoms with Gasteiger partial charge in [-0.05, 0) is 48.7 Å². The topological polar surface area (TPSA) is 162 Å². The highest BCUT2D eigenvalue weighted by atomic mass is 16.5. The number of carboxylic acid groups (broad SMARTS) is 1. The van der Waals surface area contributed by atoms with Crippen LogP contribution < -0.4 is 16.6 Å². The van der Waals surface area contributed by atoms with Crippen molar-refractivity contribution in [1.82, 2.24) is 28.9 Å². The molecule has 2 amide bonds. The number of para-hydroxylation sites is 1. The lowest BCUT2D eigenvalue weighted by atomic mass is 9.93. The highest BCUT2D eigenvalue weighted by molar-refractivity contribution is 6.05. The van der Waals surface area contributed by atoms with E-state index in [1.54, 1.807) is 16.6 Å².